The van der Waals surface area contributed by atoms with Crippen molar-refractivity contribution in [3.05, 3.63) is 71.8 Å². The summed E-state index contributed by atoms with van der Waals surface area (Å²) in [4.78, 5) is 12.4. The van der Waals surface area contributed by atoms with Crippen LogP contribution in [0.25, 0.3) is 0 Å². The average molecular weight is 345 g/mol. The number of rotatable bonds is 5. The molecule has 4 heteroatoms. The van der Waals surface area contributed by atoms with E-state index in [4.69, 9.17) is 5.73 Å². The Kier molecular flexibility index (Phi) is 6.83. The van der Waals surface area contributed by atoms with Crippen LogP contribution in [0.2, 0.25) is 0 Å². The third kappa shape index (κ3) is 4.59. The number of carbonyl (C=O) groups is 1. The lowest BCUT2D eigenvalue weighted by Crippen LogP contribution is -2.47. The van der Waals surface area contributed by atoms with E-state index in [0.717, 1.165) is 24.8 Å². The number of nitrogens with two attached hydrogens (primary N) is 1. The van der Waals surface area contributed by atoms with Crippen molar-refractivity contribution < 1.29 is 4.79 Å². The first kappa shape index (κ1) is 18.5. The fourth-order valence-electron chi connectivity index (χ4n) is 3.48. The molecular weight excluding hydrogens is 320 g/mol. The summed E-state index contributed by atoms with van der Waals surface area (Å²) in [5.74, 6) is 0.366. The normalized spacial score (nSPS) is 20.9. The van der Waals surface area contributed by atoms with E-state index in [2.05, 4.69) is 29.6 Å². The first-order chi connectivity index (χ1) is 11.2. The van der Waals surface area contributed by atoms with Gasteiger partial charge in [-0.05, 0) is 30.4 Å². The average Bonchev–Trinajstić information content (AvgIpc) is 3.04. The summed E-state index contributed by atoms with van der Waals surface area (Å²) in [6.07, 6.45) is 3.89. The third-order valence-corrected chi connectivity index (χ3v) is 4.71. The Morgan fingerprint density at radius 3 is 2.33 bits per heavy atom. The van der Waals surface area contributed by atoms with E-state index < -0.39 is 6.04 Å². The molecule has 0 bridgehead atoms. The molecule has 0 saturated heterocycles. The van der Waals surface area contributed by atoms with Gasteiger partial charge in [-0.2, -0.15) is 0 Å². The van der Waals surface area contributed by atoms with Gasteiger partial charge >= 0.3 is 0 Å². The fraction of sp³-hybridized carbons (Fsp3) is 0.350. The lowest BCUT2D eigenvalue weighted by atomic mass is 9.94. The molecule has 1 fully saturated rings. The molecule has 3 rings (SSSR count). The number of nitrogens with one attached hydrogen (secondary N) is 1. The van der Waals surface area contributed by atoms with Gasteiger partial charge in [-0.15, -0.1) is 12.4 Å². The fourth-order valence-corrected chi connectivity index (χ4v) is 3.48. The van der Waals surface area contributed by atoms with Crippen LogP contribution >= 0.6 is 12.4 Å². The van der Waals surface area contributed by atoms with Gasteiger partial charge in [0.2, 0.25) is 5.91 Å². The minimum absolute atomic E-state index is 0. The first-order valence-corrected chi connectivity index (χ1v) is 8.39. The minimum Gasteiger partial charge on any atom is -0.351 e. The molecule has 0 heterocycles. The molecule has 0 aromatic heterocycles. The summed E-state index contributed by atoms with van der Waals surface area (Å²) in [7, 11) is 0. The molecule has 3 atom stereocenters. The van der Waals surface area contributed by atoms with Crippen LogP contribution in [-0.4, -0.2) is 18.0 Å². The summed E-state index contributed by atoms with van der Waals surface area (Å²) >= 11 is 0. The van der Waals surface area contributed by atoms with Crippen molar-refractivity contribution in [2.75, 3.05) is 0 Å². The maximum atomic E-state index is 12.4. The summed E-state index contributed by atoms with van der Waals surface area (Å²) in [6.45, 7) is 0. The molecule has 1 aliphatic carbocycles. The highest BCUT2D eigenvalue weighted by molar-refractivity contribution is 5.85. The van der Waals surface area contributed by atoms with Gasteiger partial charge in [-0.3, -0.25) is 4.79 Å². The Balaban J connectivity index is 0.00000208. The predicted octanol–water partition coefficient (Wildman–Crippen LogP) is 3.43. The maximum Gasteiger partial charge on any atom is 0.237 e. The van der Waals surface area contributed by atoms with E-state index in [-0.39, 0.29) is 24.4 Å². The van der Waals surface area contributed by atoms with Crippen LogP contribution in [0.3, 0.4) is 0 Å². The van der Waals surface area contributed by atoms with Gasteiger partial charge in [0, 0.05) is 12.0 Å². The van der Waals surface area contributed by atoms with E-state index >= 15 is 0 Å². The highest BCUT2D eigenvalue weighted by Gasteiger charge is 2.30. The van der Waals surface area contributed by atoms with Crippen molar-refractivity contribution in [3.8, 4) is 0 Å². The third-order valence-electron chi connectivity index (χ3n) is 4.71. The number of carbonyl (C=O) groups excluding carboxylic acids is 1. The Hall–Kier alpha value is -1.84. The number of hydrogen-bond acceptors (Lipinski definition) is 2. The molecule has 1 aliphatic rings. The van der Waals surface area contributed by atoms with Crippen LogP contribution in [0.4, 0.5) is 0 Å². The van der Waals surface area contributed by atoms with E-state index in [1.807, 2.05) is 36.4 Å². The topological polar surface area (TPSA) is 55.1 Å². The second-order valence-electron chi connectivity index (χ2n) is 6.36. The van der Waals surface area contributed by atoms with Gasteiger partial charge < -0.3 is 11.1 Å². The summed E-state index contributed by atoms with van der Waals surface area (Å²) < 4.78 is 0. The van der Waals surface area contributed by atoms with Gasteiger partial charge in [-0.25, -0.2) is 0 Å². The Bertz CT molecular complexity index is 633. The van der Waals surface area contributed by atoms with E-state index in [0.29, 0.717) is 12.3 Å². The van der Waals surface area contributed by atoms with Crippen molar-refractivity contribution in [1.82, 2.24) is 5.32 Å². The molecule has 3 nitrogen and oxygen atoms in total. The lowest BCUT2D eigenvalue weighted by Gasteiger charge is -2.23. The molecule has 2 unspecified atom stereocenters. The summed E-state index contributed by atoms with van der Waals surface area (Å²) in [5, 5.41) is 3.18. The van der Waals surface area contributed by atoms with Crippen LogP contribution in [0.5, 0.6) is 0 Å². The molecule has 1 amide bonds. The van der Waals surface area contributed by atoms with Crippen molar-refractivity contribution in [2.24, 2.45) is 5.73 Å². The number of halogens is 1. The van der Waals surface area contributed by atoms with Crippen molar-refractivity contribution in [1.29, 1.82) is 0 Å². The molecule has 0 spiro atoms. The number of amides is 1. The quantitative estimate of drug-likeness (QED) is 0.873. The minimum atomic E-state index is -0.491. The highest BCUT2D eigenvalue weighted by Crippen LogP contribution is 2.34. The zero-order valence-corrected chi connectivity index (χ0v) is 14.5. The molecular formula is C20H25ClN2O. The summed E-state index contributed by atoms with van der Waals surface area (Å²) in [5.41, 5.74) is 8.51. The second-order valence-corrected chi connectivity index (χ2v) is 6.36. The molecule has 1 saturated carbocycles. The molecule has 2 aromatic carbocycles. The largest absolute Gasteiger partial charge is 0.351 e. The van der Waals surface area contributed by atoms with Crippen LogP contribution in [0.15, 0.2) is 60.7 Å². The van der Waals surface area contributed by atoms with Crippen molar-refractivity contribution in [3.63, 3.8) is 0 Å². The van der Waals surface area contributed by atoms with Gasteiger partial charge in [-0.1, -0.05) is 67.1 Å². The SMILES string of the molecule is Cl.N[C@@H](Cc1ccccc1)C(=O)NC1CCCC1c1ccccc1. The smallest absolute Gasteiger partial charge is 0.237 e. The van der Waals surface area contributed by atoms with Crippen LogP contribution in [0, 0.1) is 0 Å². The molecule has 0 aliphatic heterocycles. The number of benzene rings is 2. The van der Waals surface area contributed by atoms with Crippen LogP contribution in [-0.2, 0) is 11.2 Å². The van der Waals surface area contributed by atoms with E-state index in [1.54, 1.807) is 0 Å². The molecule has 128 valence electrons. The molecule has 2 aromatic rings. The van der Waals surface area contributed by atoms with Crippen LogP contribution < -0.4 is 11.1 Å². The number of hydrogen-bond donors (Lipinski definition) is 2. The van der Waals surface area contributed by atoms with Crippen LogP contribution in [0.1, 0.15) is 36.3 Å². The van der Waals surface area contributed by atoms with Gasteiger partial charge in [0.05, 0.1) is 6.04 Å². The monoisotopic (exact) mass is 344 g/mol. The molecule has 3 N–H and O–H groups in total. The van der Waals surface area contributed by atoms with Gasteiger partial charge in [0.15, 0.2) is 0 Å². The Labute approximate surface area is 150 Å². The highest BCUT2D eigenvalue weighted by atomic mass is 35.5. The zero-order valence-electron chi connectivity index (χ0n) is 13.7. The molecule has 0 radical (unpaired) electrons. The molecule has 24 heavy (non-hydrogen) atoms. The first-order valence-electron chi connectivity index (χ1n) is 8.39. The van der Waals surface area contributed by atoms with E-state index in [1.165, 1.54) is 5.56 Å². The van der Waals surface area contributed by atoms with Crippen molar-refractivity contribution >= 4 is 18.3 Å². The van der Waals surface area contributed by atoms with Gasteiger partial charge in [0.1, 0.15) is 0 Å². The zero-order chi connectivity index (χ0) is 16.1. The van der Waals surface area contributed by atoms with Crippen molar-refractivity contribution in [2.45, 2.75) is 43.7 Å². The van der Waals surface area contributed by atoms with E-state index in [9.17, 15) is 4.79 Å². The second kappa shape index (κ2) is 8.86. The summed E-state index contributed by atoms with van der Waals surface area (Å²) in [6, 6.07) is 20.1. The predicted molar refractivity (Wildman–Crippen MR) is 100 cm³/mol. The Morgan fingerprint density at radius 1 is 1.04 bits per heavy atom. The Morgan fingerprint density at radius 2 is 1.67 bits per heavy atom. The standard InChI is InChI=1S/C20H24N2O.ClH/c21-18(14-15-8-3-1-4-9-15)20(23)22-19-13-7-12-17(19)16-10-5-2-6-11-16;/h1-6,8-11,17-19H,7,12-14,21H2,(H,22,23);1H/t17?,18-,19?;/m0./s1. The van der Waals surface area contributed by atoms with Gasteiger partial charge in [0.25, 0.3) is 0 Å². The lowest BCUT2D eigenvalue weighted by molar-refractivity contribution is -0.123. The maximum absolute atomic E-state index is 12.4.